The summed E-state index contributed by atoms with van der Waals surface area (Å²) in [5.74, 6) is 0.736. The number of amides is 1. The number of nitrogens with zero attached hydrogens (tertiary/aromatic N) is 2. The first kappa shape index (κ1) is 15.2. The molecular weight excluding hydrogens is 296 g/mol. The molecule has 2 heterocycles. The molecule has 0 spiro atoms. The molecule has 22 heavy (non-hydrogen) atoms. The smallest absolute Gasteiger partial charge is 0.233 e. The number of thioether (sulfide) groups is 1. The van der Waals surface area contributed by atoms with E-state index in [0.717, 1.165) is 5.56 Å². The number of benzene rings is 1. The van der Waals surface area contributed by atoms with Gasteiger partial charge in [-0.3, -0.25) is 4.79 Å². The first-order chi connectivity index (χ1) is 10.7. The molecule has 5 heteroatoms. The van der Waals surface area contributed by atoms with Crippen molar-refractivity contribution < 1.29 is 9.53 Å². The first-order valence-electron chi connectivity index (χ1n) is 7.34. The fraction of sp³-hybridized carbons (Fsp3) is 0.353. The van der Waals surface area contributed by atoms with Gasteiger partial charge in [0.25, 0.3) is 0 Å². The van der Waals surface area contributed by atoms with Crippen molar-refractivity contribution in [1.29, 1.82) is 0 Å². The lowest BCUT2D eigenvalue weighted by Gasteiger charge is -2.22. The summed E-state index contributed by atoms with van der Waals surface area (Å²) in [6, 6.07) is 10.4. The van der Waals surface area contributed by atoms with Crippen LogP contribution in [0.2, 0.25) is 0 Å². The van der Waals surface area contributed by atoms with Gasteiger partial charge in [0.15, 0.2) is 0 Å². The summed E-state index contributed by atoms with van der Waals surface area (Å²) >= 11 is 1.68. The van der Waals surface area contributed by atoms with Crippen molar-refractivity contribution in [2.45, 2.75) is 12.3 Å². The fourth-order valence-electron chi connectivity index (χ4n) is 2.72. The topological polar surface area (TPSA) is 34.5 Å². The Hall–Kier alpha value is -1.72. The van der Waals surface area contributed by atoms with Crippen molar-refractivity contribution >= 4 is 17.7 Å². The van der Waals surface area contributed by atoms with Crippen LogP contribution < -0.4 is 0 Å². The molecule has 116 valence electrons. The van der Waals surface area contributed by atoms with Crippen LogP contribution in [0.4, 0.5) is 0 Å². The van der Waals surface area contributed by atoms with E-state index < -0.39 is 0 Å². The Morgan fingerprint density at radius 3 is 2.91 bits per heavy atom. The van der Waals surface area contributed by atoms with Gasteiger partial charge in [0.05, 0.1) is 12.4 Å². The van der Waals surface area contributed by atoms with Crippen LogP contribution in [0.25, 0.3) is 5.69 Å². The first-order valence-corrected chi connectivity index (χ1v) is 8.39. The number of methoxy groups -OCH3 is 1. The maximum absolute atomic E-state index is 12.0. The van der Waals surface area contributed by atoms with Crippen molar-refractivity contribution in [2.24, 2.45) is 0 Å². The lowest BCUT2D eigenvalue weighted by molar-refractivity contribution is -0.128. The average Bonchev–Trinajstić information content (AvgIpc) is 3.12. The molecule has 1 amide bonds. The standard InChI is InChI=1S/C17H20N2O2S/c1-13-5-3-4-6-15(13)18-8-7-14(11-18)17-19(9-10-21-2)16(20)12-22-17/h3-8,11,17H,9-10,12H2,1-2H3. The van der Waals surface area contributed by atoms with Crippen LogP contribution in [0.3, 0.4) is 0 Å². The molecule has 1 aliphatic heterocycles. The molecule has 0 N–H and O–H groups in total. The Bertz CT molecular complexity index is 668. The van der Waals surface area contributed by atoms with E-state index in [1.807, 2.05) is 17.0 Å². The van der Waals surface area contributed by atoms with Gasteiger partial charge in [-0.15, -0.1) is 11.8 Å². The number of carbonyl (C=O) groups is 1. The van der Waals surface area contributed by atoms with Crippen molar-refractivity contribution in [1.82, 2.24) is 9.47 Å². The lowest BCUT2D eigenvalue weighted by atomic mass is 10.2. The molecule has 0 aliphatic carbocycles. The number of aryl methyl sites for hydroxylation is 1. The Morgan fingerprint density at radius 1 is 1.32 bits per heavy atom. The number of aromatic nitrogens is 1. The summed E-state index contributed by atoms with van der Waals surface area (Å²) in [6.45, 7) is 3.32. The van der Waals surface area contributed by atoms with E-state index in [4.69, 9.17) is 4.74 Å². The molecule has 0 bridgehead atoms. The van der Waals surface area contributed by atoms with E-state index in [0.29, 0.717) is 18.9 Å². The van der Waals surface area contributed by atoms with Crippen molar-refractivity contribution in [2.75, 3.05) is 26.0 Å². The van der Waals surface area contributed by atoms with Gasteiger partial charge in [-0.2, -0.15) is 0 Å². The van der Waals surface area contributed by atoms with Crippen LogP contribution in [-0.4, -0.2) is 41.4 Å². The molecule has 1 aromatic carbocycles. The Kier molecular flexibility index (Phi) is 4.55. The third-order valence-corrected chi connectivity index (χ3v) is 5.15. The molecule has 1 aromatic heterocycles. The zero-order chi connectivity index (χ0) is 15.5. The van der Waals surface area contributed by atoms with E-state index in [1.165, 1.54) is 11.3 Å². The van der Waals surface area contributed by atoms with Crippen LogP contribution in [0, 0.1) is 6.92 Å². The fourth-order valence-corrected chi connectivity index (χ4v) is 3.92. The van der Waals surface area contributed by atoms with E-state index in [2.05, 4.69) is 42.1 Å². The van der Waals surface area contributed by atoms with Gasteiger partial charge in [0.2, 0.25) is 5.91 Å². The van der Waals surface area contributed by atoms with Crippen molar-refractivity contribution in [3.63, 3.8) is 0 Å². The summed E-state index contributed by atoms with van der Waals surface area (Å²) in [4.78, 5) is 13.9. The molecule has 1 aliphatic rings. The van der Waals surface area contributed by atoms with E-state index in [9.17, 15) is 4.79 Å². The highest BCUT2D eigenvalue weighted by Crippen LogP contribution is 2.38. The number of rotatable bonds is 5. The molecule has 1 saturated heterocycles. The zero-order valence-corrected chi connectivity index (χ0v) is 13.7. The van der Waals surface area contributed by atoms with Gasteiger partial charge in [0.1, 0.15) is 5.37 Å². The van der Waals surface area contributed by atoms with Gasteiger partial charge < -0.3 is 14.2 Å². The van der Waals surface area contributed by atoms with Crippen LogP contribution >= 0.6 is 11.8 Å². The minimum Gasteiger partial charge on any atom is -0.383 e. The summed E-state index contributed by atoms with van der Waals surface area (Å²) in [5, 5.41) is 0.0907. The summed E-state index contributed by atoms with van der Waals surface area (Å²) in [7, 11) is 1.66. The minimum absolute atomic E-state index is 0.0907. The highest BCUT2D eigenvalue weighted by molar-refractivity contribution is 8.00. The molecule has 4 nitrogen and oxygen atoms in total. The summed E-state index contributed by atoms with van der Waals surface area (Å²) in [6.07, 6.45) is 4.19. The largest absolute Gasteiger partial charge is 0.383 e. The normalized spacial score (nSPS) is 18.2. The average molecular weight is 316 g/mol. The highest BCUT2D eigenvalue weighted by atomic mass is 32.2. The van der Waals surface area contributed by atoms with E-state index >= 15 is 0 Å². The van der Waals surface area contributed by atoms with Gasteiger partial charge in [-0.05, 0) is 24.6 Å². The third-order valence-electron chi connectivity index (χ3n) is 3.90. The second-order valence-electron chi connectivity index (χ2n) is 5.38. The number of ether oxygens (including phenoxy) is 1. The Balaban J connectivity index is 1.84. The molecule has 1 atom stereocenters. The quantitative estimate of drug-likeness (QED) is 0.850. The van der Waals surface area contributed by atoms with Crippen LogP contribution in [0.1, 0.15) is 16.5 Å². The maximum atomic E-state index is 12.0. The number of para-hydroxylation sites is 1. The van der Waals surface area contributed by atoms with E-state index in [1.54, 1.807) is 18.9 Å². The zero-order valence-electron chi connectivity index (χ0n) is 12.9. The highest BCUT2D eigenvalue weighted by Gasteiger charge is 2.32. The third kappa shape index (κ3) is 2.91. The predicted octanol–water partition coefficient (Wildman–Crippen LogP) is 3.01. The molecule has 3 rings (SSSR count). The Labute approximate surface area is 135 Å². The summed E-state index contributed by atoms with van der Waals surface area (Å²) < 4.78 is 7.25. The molecule has 2 aromatic rings. The van der Waals surface area contributed by atoms with Crippen molar-refractivity contribution in [3.05, 3.63) is 53.9 Å². The SMILES string of the molecule is COCCN1C(=O)CSC1c1ccn(-c2ccccc2C)c1. The van der Waals surface area contributed by atoms with Crippen LogP contribution in [0.15, 0.2) is 42.7 Å². The molecule has 1 fully saturated rings. The van der Waals surface area contributed by atoms with Crippen molar-refractivity contribution in [3.8, 4) is 5.69 Å². The number of hydrogen-bond donors (Lipinski definition) is 0. The molecular formula is C17H20N2O2S. The number of hydrogen-bond acceptors (Lipinski definition) is 3. The second-order valence-corrected chi connectivity index (χ2v) is 6.45. The monoisotopic (exact) mass is 316 g/mol. The second kappa shape index (κ2) is 6.58. The van der Waals surface area contributed by atoms with Gasteiger partial charge >= 0.3 is 0 Å². The van der Waals surface area contributed by atoms with Gasteiger partial charge in [-0.25, -0.2) is 0 Å². The van der Waals surface area contributed by atoms with Gasteiger partial charge in [-0.1, -0.05) is 18.2 Å². The number of carbonyl (C=O) groups excluding carboxylic acids is 1. The maximum Gasteiger partial charge on any atom is 0.233 e. The van der Waals surface area contributed by atoms with Gasteiger partial charge in [0, 0.05) is 37.3 Å². The van der Waals surface area contributed by atoms with Crippen LogP contribution in [0.5, 0.6) is 0 Å². The predicted molar refractivity (Wildman–Crippen MR) is 89.3 cm³/mol. The Morgan fingerprint density at radius 2 is 2.14 bits per heavy atom. The van der Waals surface area contributed by atoms with E-state index in [-0.39, 0.29) is 11.3 Å². The van der Waals surface area contributed by atoms with Crippen LogP contribution in [-0.2, 0) is 9.53 Å². The molecule has 1 unspecified atom stereocenters. The lowest BCUT2D eigenvalue weighted by Crippen LogP contribution is -2.31. The minimum atomic E-state index is 0.0907. The molecule has 0 radical (unpaired) electrons. The summed E-state index contributed by atoms with van der Waals surface area (Å²) in [5.41, 5.74) is 3.57. The molecule has 0 saturated carbocycles.